The summed E-state index contributed by atoms with van der Waals surface area (Å²) < 4.78 is 32.4. The number of aryl methyl sites for hydroxylation is 1. The number of carbonyl (C=O) groups is 1. The zero-order valence-corrected chi connectivity index (χ0v) is 16.0. The number of phosphoric ester groups is 1. The van der Waals surface area contributed by atoms with Gasteiger partial charge in [-0.15, -0.1) is 0 Å². The molecule has 130 valence electrons. The topological polar surface area (TPSA) is 103 Å². The highest BCUT2D eigenvalue weighted by molar-refractivity contribution is 14.1. The maximum Gasteiger partial charge on any atom is 0.527 e. The molecule has 0 bridgehead atoms. The van der Waals surface area contributed by atoms with Gasteiger partial charge in [-0.1, -0.05) is 22.6 Å². The number of phosphoric acid groups is 1. The van der Waals surface area contributed by atoms with E-state index in [1.165, 1.54) is 14.2 Å². The molecule has 0 spiro atoms. The first-order valence-electron chi connectivity index (χ1n) is 6.55. The third-order valence-electron chi connectivity index (χ3n) is 2.61. The lowest BCUT2D eigenvalue weighted by atomic mass is 10.2. The average molecular weight is 459 g/mol. The lowest BCUT2D eigenvalue weighted by Gasteiger charge is -2.18. The molecule has 0 saturated heterocycles. The molecular formula is C13H19INO7P. The van der Waals surface area contributed by atoms with Gasteiger partial charge in [0, 0.05) is 6.54 Å². The van der Waals surface area contributed by atoms with E-state index < -0.39 is 7.82 Å². The molecule has 0 radical (unpaired) electrons. The SMILES string of the molecule is COc1cc(C)cc(OC)c1OP(=O)(O)OCCNC(=O)CI. The van der Waals surface area contributed by atoms with E-state index in [0.717, 1.165) is 5.56 Å². The van der Waals surface area contributed by atoms with Crippen molar-refractivity contribution >= 4 is 36.3 Å². The molecule has 0 aromatic heterocycles. The Morgan fingerprint density at radius 3 is 2.35 bits per heavy atom. The summed E-state index contributed by atoms with van der Waals surface area (Å²) in [6, 6.07) is 3.27. The van der Waals surface area contributed by atoms with Crippen LogP contribution in [0.3, 0.4) is 0 Å². The van der Waals surface area contributed by atoms with Crippen LogP contribution in [0.15, 0.2) is 12.1 Å². The standard InChI is InChI=1S/C13H19INO7P/c1-9-6-10(19-2)13(11(7-9)20-3)22-23(17,18)21-5-4-15-12(16)8-14/h6-7H,4-5,8H2,1-3H3,(H,15,16)(H,17,18). The normalized spacial score (nSPS) is 13.1. The number of benzene rings is 1. The molecule has 1 aromatic rings. The fraction of sp³-hybridized carbons (Fsp3) is 0.462. The van der Waals surface area contributed by atoms with Crippen LogP contribution < -0.4 is 19.3 Å². The Hall–Kier alpha value is -1.03. The highest BCUT2D eigenvalue weighted by atomic mass is 127. The van der Waals surface area contributed by atoms with E-state index in [-0.39, 0.29) is 36.3 Å². The number of hydrogen-bond acceptors (Lipinski definition) is 6. The summed E-state index contributed by atoms with van der Waals surface area (Å²) >= 11 is 1.91. The zero-order valence-electron chi connectivity index (χ0n) is 13.0. The number of nitrogens with one attached hydrogen (secondary N) is 1. The van der Waals surface area contributed by atoms with Crippen LogP contribution in [0.5, 0.6) is 17.2 Å². The van der Waals surface area contributed by atoms with Gasteiger partial charge in [0.15, 0.2) is 11.5 Å². The lowest BCUT2D eigenvalue weighted by Crippen LogP contribution is -2.27. The fourth-order valence-corrected chi connectivity index (χ4v) is 2.70. The van der Waals surface area contributed by atoms with Crippen molar-refractivity contribution in [1.82, 2.24) is 5.32 Å². The number of alkyl halides is 1. The minimum absolute atomic E-state index is 0.0252. The van der Waals surface area contributed by atoms with Crippen molar-refractivity contribution in [3.05, 3.63) is 17.7 Å². The maximum atomic E-state index is 12.0. The van der Waals surface area contributed by atoms with Crippen molar-refractivity contribution < 1.29 is 32.8 Å². The van der Waals surface area contributed by atoms with Gasteiger partial charge in [-0.05, 0) is 24.6 Å². The van der Waals surface area contributed by atoms with Gasteiger partial charge in [-0.2, -0.15) is 0 Å². The Bertz CT molecular complexity index is 571. The Morgan fingerprint density at radius 1 is 1.30 bits per heavy atom. The van der Waals surface area contributed by atoms with Crippen LogP contribution >= 0.6 is 30.4 Å². The van der Waals surface area contributed by atoms with E-state index in [1.807, 2.05) is 29.5 Å². The Balaban J connectivity index is 2.77. The summed E-state index contributed by atoms with van der Waals surface area (Å²) in [6.45, 7) is 1.74. The van der Waals surface area contributed by atoms with Crippen LogP contribution in [0.1, 0.15) is 5.56 Å². The van der Waals surface area contributed by atoms with Crippen molar-refractivity contribution in [3.63, 3.8) is 0 Å². The number of carbonyl (C=O) groups excluding carboxylic acids is 1. The first-order chi connectivity index (χ1) is 10.8. The van der Waals surface area contributed by atoms with Crippen molar-refractivity contribution in [2.45, 2.75) is 6.92 Å². The highest BCUT2D eigenvalue weighted by Gasteiger charge is 2.27. The fourth-order valence-electron chi connectivity index (χ4n) is 1.64. The second-order valence-corrected chi connectivity index (χ2v) is 6.52. The molecule has 0 fully saturated rings. The summed E-state index contributed by atoms with van der Waals surface area (Å²) in [5.74, 6) is 0.281. The molecule has 0 aliphatic heterocycles. The van der Waals surface area contributed by atoms with Crippen LogP contribution in [0.25, 0.3) is 0 Å². The van der Waals surface area contributed by atoms with Crippen molar-refractivity contribution in [2.24, 2.45) is 0 Å². The van der Waals surface area contributed by atoms with Crippen molar-refractivity contribution in [2.75, 3.05) is 31.8 Å². The highest BCUT2D eigenvalue weighted by Crippen LogP contribution is 2.50. The molecule has 1 unspecified atom stereocenters. The van der Waals surface area contributed by atoms with Gasteiger partial charge in [0.1, 0.15) is 0 Å². The first-order valence-corrected chi connectivity index (χ1v) is 9.57. The van der Waals surface area contributed by atoms with E-state index in [4.69, 9.17) is 18.5 Å². The Labute approximate surface area is 148 Å². The summed E-state index contributed by atoms with van der Waals surface area (Å²) in [7, 11) is -1.58. The molecule has 1 amide bonds. The number of amides is 1. The van der Waals surface area contributed by atoms with Crippen LogP contribution in [0, 0.1) is 6.92 Å². The third kappa shape index (κ3) is 6.54. The van der Waals surface area contributed by atoms with E-state index in [1.54, 1.807) is 12.1 Å². The molecule has 10 heteroatoms. The van der Waals surface area contributed by atoms with Crippen molar-refractivity contribution in [1.29, 1.82) is 0 Å². The van der Waals surface area contributed by atoms with Gasteiger partial charge in [0.2, 0.25) is 11.7 Å². The molecule has 8 nitrogen and oxygen atoms in total. The van der Waals surface area contributed by atoms with Crippen LogP contribution in [-0.4, -0.2) is 42.6 Å². The predicted octanol–water partition coefficient (Wildman–Crippen LogP) is 2.06. The molecule has 23 heavy (non-hydrogen) atoms. The number of hydrogen-bond donors (Lipinski definition) is 2. The van der Waals surface area contributed by atoms with Crippen LogP contribution in [0.4, 0.5) is 0 Å². The quantitative estimate of drug-likeness (QED) is 0.252. The molecule has 1 aromatic carbocycles. The van der Waals surface area contributed by atoms with Gasteiger partial charge < -0.3 is 19.3 Å². The number of methoxy groups -OCH3 is 2. The summed E-state index contributed by atoms with van der Waals surface area (Å²) in [4.78, 5) is 20.8. The van der Waals surface area contributed by atoms with Crippen molar-refractivity contribution in [3.8, 4) is 17.2 Å². The molecule has 0 saturated carbocycles. The minimum atomic E-state index is -4.39. The van der Waals surface area contributed by atoms with Crippen LogP contribution in [-0.2, 0) is 13.9 Å². The average Bonchev–Trinajstić information content (AvgIpc) is 2.52. The monoisotopic (exact) mass is 459 g/mol. The summed E-state index contributed by atoms with van der Waals surface area (Å²) in [5, 5.41) is 2.51. The van der Waals surface area contributed by atoms with E-state index in [0.29, 0.717) is 4.43 Å². The zero-order chi connectivity index (χ0) is 17.5. The summed E-state index contributed by atoms with van der Waals surface area (Å²) in [5.41, 5.74) is 0.834. The molecule has 2 N–H and O–H groups in total. The maximum absolute atomic E-state index is 12.0. The number of rotatable bonds is 9. The number of halogens is 1. The lowest BCUT2D eigenvalue weighted by molar-refractivity contribution is -0.118. The molecule has 0 aliphatic rings. The van der Waals surface area contributed by atoms with Gasteiger partial charge in [-0.3, -0.25) is 14.2 Å². The molecule has 1 rings (SSSR count). The second-order valence-electron chi connectivity index (χ2n) is 4.38. The Kier molecular flexibility index (Phi) is 8.10. The van der Waals surface area contributed by atoms with E-state index >= 15 is 0 Å². The third-order valence-corrected chi connectivity index (χ3v) is 4.23. The molecule has 1 atom stereocenters. The van der Waals surface area contributed by atoms with Gasteiger partial charge in [0.05, 0.1) is 25.3 Å². The predicted molar refractivity (Wildman–Crippen MR) is 92.6 cm³/mol. The van der Waals surface area contributed by atoms with Gasteiger partial charge >= 0.3 is 7.82 Å². The molecule has 0 heterocycles. The van der Waals surface area contributed by atoms with Gasteiger partial charge in [0.25, 0.3) is 0 Å². The minimum Gasteiger partial charge on any atom is -0.493 e. The van der Waals surface area contributed by atoms with Gasteiger partial charge in [-0.25, -0.2) is 4.57 Å². The number of ether oxygens (including phenoxy) is 2. The van der Waals surface area contributed by atoms with E-state index in [9.17, 15) is 14.3 Å². The van der Waals surface area contributed by atoms with E-state index in [2.05, 4.69) is 5.32 Å². The largest absolute Gasteiger partial charge is 0.527 e. The molecular weight excluding hydrogens is 440 g/mol. The first kappa shape index (κ1) is 20.0. The smallest absolute Gasteiger partial charge is 0.493 e. The molecule has 0 aliphatic carbocycles. The van der Waals surface area contributed by atoms with Crippen LogP contribution in [0.2, 0.25) is 0 Å². The Morgan fingerprint density at radius 2 is 1.87 bits per heavy atom. The second kappa shape index (κ2) is 9.31. The summed E-state index contributed by atoms with van der Waals surface area (Å²) in [6.07, 6.45) is 0.